The topological polar surface area (TPSA) is 49.8 Å². The summed E-state index contributed by atoms with van der Waals surface area (Å²) in [6.07, 6.45) is 2.90. The molecule has 1 aliphatic heterocycles. The highest BCUT2D eigenvalue weighted by molar-refractivity contribution is 7.18. The predicted molar refractivity (Wildman–Crippen MR) is 71.6 cm³/mol. The van der Waals surface area contributed by atoms with Gasteiger partial charge >= 0.3 is 0 Å². The van der Waals surface area contributed by atoms with Crippen LogP contribution in [0.5, 0.6) is 0 Å². The van der Waals surface area contributed by atoms with Crippen molar-refractivity contribution in [1.82, 2.24) is 15.3 Å². The number of aryl methyl sites for hydroxylation is 1. The van der Waals surface area contributed by atoms with Crippen LogP contribution in [0.25, 0.3) is 10.2 Å². The Morgan fingerprint density at radius 3 is 3.29 bits per heavy atom. The van der Waals surface area contributed by atoms with E-state index in [0.29, 0.717) is 0 Å². The molecule has 0 radical (unpaired) electrons. The van der Waals surface area contributed by atoms with E-state index in [1.54, 1.807) is 17.7 Å². The lowest BCUT2D eigenvalue weighted by Crippen LogP contribution is -2.17. The van der Waals surface area contributed by atoms with Crippen molar-refractivity contribution in [2.45, 2.75) is 13.3 Å². The summed E-state index contributed by atoms with van der Waals surface area (Å²) in [5.74, 6) is 1.71. The first-order valence-corrected chi connectivity index (χ1v) is 6.86. The minimum Gasteiger partial charge on any atom is -0.368 e. The number of rotatable bonds is 3. The van der Waals surface area contributed by atoms with Crippen LogP contribution < -0.4 is 10.6 Å². The van der Waals surface area contributed by atoms with Gasteiger partial charge in [0, 0.05) is 6.54 Å². The van der Waals surface area contributed by atoms with Crippen LogP contribution in [0.4, 0.5) is 5.82 Å². The van der Waals surface area contributed by atoms with Crippen LogP contribution in [0.1, 0.15) is 12.0 Å². The van der Waals surface area contributed by atoms with Crippen molar-refractivity contribution in [3.63, 3.8) is 0 Å². The molecule has 2 aromatic rings. The molecule has 4 nitrogen and oxygen atoms in total. The molecule has 90 valence electrons. The van der Waals surface area contributed by atoms with Crippen molar-refractivity contribution < 1.29 is 0 Å². The molecule has 2 N–H and O–H groups in total. The Kier molecular flexibility index (Phi) is 2.94. The lowest BCUT2D eigenvalue weighted by atomic mass is 10.1. The van der Waals surface area contributed by atoms with Gasteiger partial charge in [-0.05, 0) is 43.3 Å². The third kappa shape index (κ3) is 2.12. The highest BCUT2D eigenvalue weighted by Crippen LogP contribution is 2.28. The summed E-state index contributed by atoms with van der Waals surface area (Å²) in [6, 6.07) is 0. The molecule has 3 heterocycles. The third-order valence-corrected chi connectivity index (χ3v) is 4.35. The number of hydrogen-bond acceptors (Lipinski definition) is 5. The molecule has 5 heteroatoms. The number of fused-ring (bicyclic) bond motifs is 1. The lowest BCUT2D eigenvalue weighted by Gasteiger charge is -2.10. The quantitative estimate of drug-likeness (QED) is 0.872. The number of nitrogens with zero attached hydrogens (tertiary/aromatic N) is 2. The SMILES string of the molecule is Cc1csc2c(NCC3CCNC3)ncnc12. The van der Waals surface area contributed by atoms with E-state index in [9.17, 15) is 0 Å². The first kappa shape index (κ1) is 10.9. The zero-order chi connectivity index (χ0) is 11.7. The van der Waals surface area contributed by atoms with Crippen LogP contribution in [-0.4, -0.2) is 29.6 Å². The molecule has 1 saturated heterocycles. The van der Waals surface area contributed by atoms with E-state index in [-0.39, 0.29) is 0 Å². The van der Waals surface area contributed by atoms with Gasteiger partial charge in [0.2, 0.25) is 0 Å². The predicted octanol–water partition coefficient (Wildman–Crippen LogP) is 2.02. The molecule has 0 spiro atoms. The summed E-state index contributed by atoms with van der Waals surface area (Å²) in [6.45, 7) is 5.35. The molecule has 0 aliphatic carbocycles. The van der Waals surface area contributed by atoms with Crippen molar-refractivity contribution in [3.8, 4) is 0 Å². The van der Waals surface area contributed by atoms with Crippen LogP contribution in [0.2, 0.25) is 0 Å². The fourth-order valence-corrected chi connectivity index (χ4v) is 3.19. The van der Waals surface area contributed by atoms with Crippen molar-refractivity contribution >= 4 is 27.4 Å². The molecule has 1 aliphatic rings. The van der Waals surface area contributed by atoms with Gasteiger partial charge in [0.25, 0.3) is 0 Å². The summed E-state index contributed by atoms with van der Waals surface area (Å²) in [5, 5.41) is 8.98. The van der Waals surface area contributed by atoms with Gasteiger partial charge in [0.15, 0.2) is 0 Å². The van der Waals surface area contributed by atoms with Gasteiger partial charge in [0.1, 0.15) is 12.1 Å². The van der Waals surface area contributed by atoms with E-state index >= 15 is 0 Å². The average molecular weight is 248 g/mol. The van der Waals surface area contributed by atoms with Crippen molar-refractivity contribution in [3.05, 3.63) is 17.3 Å². The smallest absolute Gasteiger partial charge is 0.147 e. The second-order valence-corrected chi connectivity index (χ2v) is 5.44. The fourth-order valence-electron chi connectivity index (χ4n) is 2.22. The van der Waals surface area contributed by atoms with Crippen LogP contribution in [0.15, 0.2) is 11.7 Å². The minimum absolute atomic E-state index is 0.723. The Labute approximate surface area is 104 Å². The highest BCUT2D eigenvalue weighted by atomic mass is 32.1. The molecule has 1 fully saturated rings. The maximum atomic E-state index is 4.35. The van der Waals surface area contributed by atoms with Crippen LogP contribution in [0, 0.1) is 12.8 Å². The molecule has 0 aromatic carbocycles. The van der Waals surface area contributed by atoms with E-state index in [1.165, 1.54) is 16.7 Å². The van der Waals surface area contributed by atoms with E-state index < -0.39 is 0 Å². The van der Waals surface area contributed by atoms with E-state index in [0.717, 1.165) is 36.9 Å². The molecule has 1 unspecified atom stereocenters. The summed E-state index contributed by atoms with van der Waals surface area (Å²) in [7, 11) is 0. The molecule has 0 bridgehead atoms. The monoisotopic (exact) mass is 248 g/mol. The maximum absolute atomic E-state index is 4.35. The Bertz CT molecular complexity index is 516. The van der Waals surface area contributed by atoms with E-state index in [2.05, 4.69) is 32.9 Å². The second kappa shape index (κ2) is 4.58. The molecule has 0 amide bonds. The minimum atomic E-state index is 0.723. The molecule has 17 heavy (non-hydrogen) atoms. The standard InChI is InChI=1S/C12H16N4S/c1-8-6-17-11-10(8)15-7-16-12(11)14-5-9-2-3-13-4-9/h6-7,9,13H,2-5H2,1H3,(H,14,15,16). The number of nitrogens with one attached hydrogen (secondary N) is 2. The number of hydrogen-bond donors (Lipinski definition) is 2. The third-order valence-electron chi connectivity index (χ3n) is 3.25. The lowest BCUT2D eigenvalue weighted by molar-refractivity contribution is 0.614. The maximum Gasteiger partial charge on any atom is 0.147 e. The summed E-state index contributed by atoms with van der Waals surface area (Å²) in [5.41, 5.74) is 2.31. The van der Waals surface area contributed by atoms with Crippen LogP contribution in [0.3, 0.4) is 0 Å². The van der Waals surface area contributed by atoms with Gasteiger partial charge in [-0.15, -0.1) is 11.3 Å². The molecular weight excluding hydrogens is 232 g/mol. The Morgan fingerprint density at radius 1 is 1.53 bits per heavy atom. The number of aromatic nitrogens is 2. The van der Waals surface area contributed by atoms with Gasteiger partial charge in [-0.2, -0.15) is 0 Å². The van der Waals surface area contributed by atoms with Crippen LogP contribution in [-0.2, 0) is 0 Å². The largest absolute Gasteiger partial charge is 0.368 e. The van der Waals surface area contributed by atoms with E-state index in [1.807, 2.05) is 0 Å². The molecule has 0 saturated carbocycles. The first-order chi connectivity index (χ1) is 8.34. The molecule has 2 aromatic heterocycles. The summed E-state index contributed by atoms with van der Waals surface area (Å²) < 4.78 is 1.18. The van der Waals surface area contributed by atoms with E-state index in [4.69, 9.17) is 0 Å². The first-order valence-electron chi connectivity index (χ1n) is 5.98. The average Bonchev–Trinajstić information content (AvgIpc) is 2.97. The van der Waals surface area contributed by atoms with Crippen LogP contribution >= 0.6 is 11.3 Å². The Morgan fingerprint density at radius 2 is 2.47 bits per heavy atom. The zero-order valence-electron chi connectivity index (χ0n) is 9.86. The van der Waals surface area contributed by atoms with Crippen molar-refractivity contribution in [2.24, 2.45) is 5.92 Å². The Balaban J connectivity index is 1.79. The zero-order valence-corrected chi connectivity index (χ0v) is 10.7. The fraction of sp³-hybridized carbons (Fsp3) is 0.500. The van der Waals surface area contributed by atoms with Gasteiger partial charge in [-0.25, -0.2) is 9.97 Å². The number of thiophene rings is 1. The highest BCUT2D eigenvalue weighted by Gasteiger charge is 2.15. The summed E-state index contributed by atoms with van der Waals surface area (Å²) in [4.78, 5) is 8.68. The van der Waals surface area contributed by atoms with Crippen molar-refractivity contribution in [1.29, 1.82) is 0 Å². The Hall–Kier alpha value is -1.20. The van der Waals surface area contributed by atoms with Gasteiger partial charge in [-0.3, -0.25) is 0 Å². The normalized spacial score (nSPS) is 19.9. The second-order valence-electron chi connectivity index (χ2n) is 4.56. The molecular formula is C12H16N4S. The van der Waals surface area contributed by atoms with Gasteiger partial charge in [0.05, 0.1) is 10.2 Å². The van der Waals surface area contributed by atoms with Gasteiger partial charge in [-0.1, -0.05) is 0 Å². The van der Waals surface area contributed by atoms with Crippen molar-refractivity contribution in [2.75, 3.05) is 25.0 Å². The molecule has 1 atom stereocenters. The van der Waals surface area contributed by atoms with Gasteiger partial charge < -0.3 is 10.6 Å². The number of anilines is 1. The summed E-state index contributed by atoms with van der Waals surface area (Å²) >= 11 is 1.72. The molecule has 3 rings (SSSR count).